The van der Waals surface area contributed by atoms with Crippen LogP contribution in [-0.2, 0) is 11.3 Å². The fourth-order valence-electron chi connectivity index (χ4n) is 1.80. The SMILES string of the molecule is CN(C)c1cccc(C(=O)Nc2cnn(CC(N)=O)c2)c1. The number of nitrogens with zero attached hydrogens (tertiary/aromatic N) is 3. The summed E-state index contributed by atoms with van der Waals surface area (Å²) in [5, 5.41) is 6.67. The lowest BCUT2D eigenvalue weighted by Crippen LogP contribution is -2.18. The number of nitrogens with one attached hydrogen (secondary N) is 1. The van der Waals surface area contributed by atoms with E-state index in [4.69, 9.17) is 5.73 Å². The molecule has 1 aromatic heterocycles. The molecule has 2 aromatic rings. The Balaban J connectivity index is 2.09. The van der Waals surface area contributed by atoms with Crippen LogP contribution in [0.3, 0.4) is 0 Å². The van der Waals surface area contributed by atoms with Crippen molar-refractivity contribution in [1.82, 2.24) is 9.78 Å². The smallest absolute Gasteiger partial charge is 0.255 e. The third kappa shape index (κ3) is 3.82. The molecule has 7 nitrogen and oxygen atoms in total. The van der Waals surface area contributed by atoms with Crippen LogP contribution in [0.4, 0.5) is 11.4 Å². The van der Waals surface area contributed by atoms with Crippen molar-refractivity contribution in [2.24, 2.45) is 5.73 Å². The van der Waals surface area contributed by atoms with Gasteiger partial charge in [0.25, 0.3) is 5.91 Å². The van der Waals surface area contributed by atoms with Crippen molar-refractivity contribution < 1.29 is 9.59 Å². The Labute approximate surface area is 122 Å². The highest BCUT2D eigenvalue weighted by Crippen LogP contribution is 2.15. The number of amides is 2. The van der Waals surface area contributed by atoms with Crippen LogP contribution >= 0.6 is 0 Å². The Kier molecular flexibility index (Phi) is 4.22. The van der Waals surface area contributed by atoms with Gasteiger partial charge in [0, 0.05) is 31.5 Å². The van der Waals surface area contributed by atoms with Crippen molar-refractivity contribution in [3.8, 4) is 0 Å². The molecule has 3 N–H and O–H groups in total. The maximum absolute atomic E-state index is 12.2. The van der Waals surface area contributed by atoms with Gasteiger partial charge in [-0.25, -0.2) is 0 Å². The predicted molar refractivity (Wildman–Crippen MR) is 80.1 cm³/mol. The van der Waals surface area contributed by atoms with Gasteiger partial charge < -0.3 is 16.0 Å². The summed E-state index contributed by atoms with van der Waals surface area (Å²) in [6.45, 7) is -0.0218. The number of aromatic nitrogens is 2. The molecular formula is C14H17N5O2. The highest BCUT2D eigenvalue weighted by atomic mass is 16.2. The van der Waals surface area contributed by atoms with Gasteiger partial charge in [0.2, 0.25) is 5.91 Å². The minimum Gasteiger partial charge on any atom is -0.378 e. The zero-order chi connectivity index (χ0) is 15.4. The van der Waals surface area contributed by atoms with Crippen LogP contribution in [0.2, 0.25) is 0 Å². The van der Waals surface area contributed by atoms with Crippen LogP contribution in [0.25, 0.3) is 0 Å². The molecule has 0 radical (unpaired) electrons. The van der Waals surface area contributed by atoms with Crippen LogP contribution in [-0.4, -0.2) is 35.7 Å². The molecule has 0 saturated carbocycles. The highest BCUT2D eigenvalue weighted by Gasteiger charge is 2.09. The Morgan fingerprint density at radius 1 is 1.38 bits per heavy atom. The number of nitrogens with two attached hydrogens (primary N) is 1. The molecule has 0 aliphatic carbocycles. The molecular weight excluding hydrogens is 270 g/mol. The van der Waals surface area contributed by atoms with Gasteiger partial charge in [0.15, 0.2) is 0 Å². The van der Waals surface area contributed by atoms with Crippen molar-refractivity contribution in [1.29, 1.82) is 0 Å². The third-order valence-corrected chi connectivity index (χ3v) is 2.83. The molecule has 7 heteroatoms. The molecule has 21 heavy (non-hydrogen) atoms. The van der Waals surface area contributed by atoms with Gasteiger partial charge in [0.05, 0.1) is 11.9 Å². The summed E-state index contributed by atoms with van der Waals surface area (Å²) in [5.41, 5.74) is 7.07. The van der Waals surface area contributed by atoms with Crippen LogP contribution in [0.1, 0.15) is 10.4 Å². The van der Waals surface area contributed by atoms with E-state index < -0.39 is 5.91 Å². The summed E-state index contributed by atoms with van der Waals surface area (Å²) in [4.78, 5) is 24.9. The Morgan fingerprint density at radius 2 is 2.14 bits per heavy atom. The van der Waals surface area contributed by atoms with E-state index >= 15 is 0 Å². The number of carbonyl (C=O) groups excluding carboxylic acids is 2. The maximum Gasteiger partial charge on any atom is 0.255 e. The van der Waals surface area contributed by atoms with Crippen molar-refractivity contribution in [3.63, 3.8) is 0 Å². The highest BCUT2D eigenvalue weighted by molar-refractivity contribution is 6.04. The van der Waals surface area contributed by atoms with E-state index in [2.05, 4.69) is 10.4 Å². The van der Waals surface area contributed by atoms with Crippen molar-refractivity contribution >= 4 is 23.2 Å². The summed E-state index contributed by atoms with van der Waals surface area (Å²) in [5.74, 6) is -0.730. The third-order valence-electron chi connectivity index (χ3n) is 2.83. The summed E-state index contributed by atoms with van der Waals surface area (Å²) >= 11 is 0. The topological polar surface area (TPSA) is 93.2 Å². The van der Waals surface area contributed by atoms with E-state index in [1.165, 1.54) is 10.9 Å². The quantitative estimate of drug-likeness (QED) is 0.846. The molecule has 1 heterocycles. The molecule has 0 aliphatic heterocycles. The minimum absolute atomic E-state index is 0.0218. The van der Waals surface area contributed by atoms with Crippen molar-refractivity contribution in [2.45, 2.75) is 6.54 Å². The van der Waals surface area contributed by atoms with Crippen LogP contribution in [0.5, 0.6) is 0 Å². The van der Waals surface area contributed by atoms with E-state index in [1.807, 2.05) is 31.1 Å². The minimum atomic E-state index is -0.491. The Morgan fingerprint density at radius 3 is 2.81 bits per heavy atom. The Hall–Kier alpha value is -2.83. The summed E-state index contributed by atoms with van der Waals surface area (Å²) in [7, 11) is 3.82. The number of carbonyl (C=O) groups is 2. The molecule has 0 saturated heterocycles. The average Bonchev–Trinajstić information content (AvgIpc) is 2.85. The summed E-state index contributed by atoms with van der Waals surface area (Å²) in [6.07, 6.45) is 3.02. The first-order valence-electron chi connectivity index (χ1n) is 6.35. The fraction of sp³-hybridized carbons (Fsp3) is 0.214. The Bertz CT molecular complexity index is 663. The second kappa shape index (κ2) is 6.08. The lowest BCUT2D eigenvalue weighted by atomic mass is 10.2. The standard InChI is InChI=1S/C14H17N5O2/c1-18(2)12-5-3-4-10(6-12)14(21)17-11-7-16-19(8-11)9-13(15)20/h3-8H,9H2,1-2H3,(H2,15,20)(H,17,21). The van der Waals surface area contributed by atoms with E-state index in [-0.39, 0.29) is 12.5 Å². The monoisotopic (exact) mass is 287 g/mol. The zero-order valence-electron chi connectivity index (χ0n) is 11.9. The summed E-state index contributed by atoms with van der Waals surface area (Å²) < 4.78 is 1.37. The number of hydrogen-bond acceptors (Lipinski definition) is 4. The van der Waals surface area contributed by atoms with Crippen LogP contribution in [0.15, 0.2) is 36.7 Å². The molecule has 0 spiro atoms. The molecule has 2 amide bonds. The first kappa shape index (κ1) is 14.6. The molecule has 1 aromatic carbocycles. The maximum atomic E-state index is 12.2. The number of anilines is 2. The largest absolute Gasteiger partial charge is 0.378 e. The van der Waals surface area contributed by atoms with E-state index in [0.717, 1.165) is 5.69 Å². The molecule has 0 fully saturated rings. The van der Waals surface area contributed by atoms with Gasteiger partial charge in [-0.3, -0.25) is 14.3 Å². The lowest BCUT2D eigenvalue weighted by Gasteiger charge is -2.13. The van der Waals surface area contributed by atoms with Gasteiger partial charge in [-0.2, -0.15) is 5.10 Å². The van der Waals surface area contributed by atoms with Crippen molar-refractivity contribution in [3.05, 3.63) is 42.2 Å². The molecule has 0 atom stereocenters. The molecule has 0 aliphatic rings. The van der Waals surface area contributed by atoms with Crippen molar-refractivity contribution in [2.75, 3.05) is 24.3 Å². The van der Waals surface area contributed by atoms with Gasteiger partial charge in [-0.15, -0.1) is 0 Å². The van der Waals surface area contributed by atoms with Crippen LogP contribution < -0.4 is 16.0 Å². The van der Waals surface area contributed by atoms with Gasteiger partial charge in [-0.05, 0) is 18.2 Å². The summed E-state index contributed by atoms with van der Waals surface area (Å²) in [6, 6.07) is 7.27. The predicted octanol–water partition coefficient (Wildman–Crippen LogP) is 0.687. The fourth-order valence-corrected chi connectivity index (χ4v) is 1.80. The van der Waals surface area contributed by atoms with Gasteiger partial charge in [0.1, 0.15) is 6.54 Å². The number of rotatable bonds is 5. The lowest BCUT2D eigenvalue weighted by molar-refractivity contribution is -0.118. The number of primary amides is 1. The van der Waals surface area contributed by atoms with Gasteiger partial charge in [-0.1, -0.05) is 6.07 Å². The van der Waals surface area contributed by atoms with E-state index in [0.29, 0.717) is 11.3 Å². The normalized spacial score (nSPS) is 10.2. The zero-order valence-corrected chi connectivity index (χ0v) is 11.9. The first-order valence-corrected chi connectivity index (χ1v) is 6.35. The van der Waals surface area contributed by atoms with E-state index in [1.54, 1.807) is 18.3 Å². The number of hydrogen-bond donors (Lipinski definition) is 2. The van der Waals surface area contributed by atoms with Gasteiger partial charge >= 0.3 is 0 Å². The van der Waals surface area contributed by atoms with E-state index in [9.17, 15) is 9.59 Å². The second-order valence-corrected chi connectivity index (χ2v) is 4.79. The van der Waals surface area contributed by atoms with Crippen LogP contribution in [0, 0.1) is 0 Å². The molecule has 0 bridgehead atoms. The average molecular weight is 287 g/mol. The molecule has 0 unspecified atom stereocenters. The number of benzene rings is 1. The molecule has 2 rings (SSSR count). The molecule has 110 valence electrons. The first-order chi connectivity index (χ1) is 9.95. The second-order valence-electron chi connectivity index (χ2n) is 4.79.